The lowest BCUT2D eigenvalue weighted by Crippen LogP contribution is -2.20. The predicted molar refractivity (Wildman–Crippen MR) is 95.8 cm³/mol. The van der Waals surface area contributed by atoms with Gasteiger partial charge in [0.25, 0.3) is 0 Å². The van der Waals surface area contributed by atoms with Crippen molar-refractivity contribution in [3.05, 3.63) is 53.6 Å². The molecule has 4 heteroatoms. The third-order valence-electron chi connectivity index (χ3n) is 3.35. The fourth-order valence-electron chi connectivity index (χ4n) is 2.10. The number of aliphatic hydroxyl groups is 1. The summed E-state index contributed by atoms with van der Waals surface area (Å²) in [5, 5.41) is 10.1. The summed E-state index contributed by atoms with van der Waals surface area (Å²) in [5.41, 5.74) is 2.31. The smallest absolute Gasteiger partial charge is 0.122 e. The van der Waals surface area contributed by atoms with Gasteiger partial charge in [-0.1, -0.05) is 17.7 Å². The molecule has 0 aliphatic rings. The summed E-state index contributed by atoms with van der Waals surface area (Å²) < 4.78 is 11.1. The molecule has 0 aliphatic heterocycles. The summed E-state index contributed by atoms with van der Waals surface area (Å²) in [6, 6.07) is 13.9. The van der Waals surface area contributed by atoms with E-state index in [1.165, 1.54) is 5.56 Å². The zero-order valence-corrected chi connectivity index (χ0v) is 14.7. The highest BCUT2D eigenvalue weighted by molar-refractivity contribution is 7.99. The van der Waals surface area contributed by atoms with E-state index in [0.717, 1.165) is 22.0 Å². The molecule has 2 rings (SSSR count). The number of hydrogen-bond acceptors (Lipinski definition) is 4. The van der Waals surface area contributed by atoms with Gasteiger partial charge in [-0.15, -0.1) is 11.8 Å². The van der Waals surface area contributed by atoms with E-state index in [1.807, 2.05) is 57.2 Å². The van der Waals surface area contributed by atoms with E-state index in [9.17, 15) is 5.11 Å². The molecule has 0 aromatic heterocycles. The van der Waals surface area contributed by atoms with Gasteiger partial charge in [-0.3, -0.25) is 0 Å². The standard InChI is InChI=1S/C19H24O3S/c1-4-21-19-10-9-18(11-15(19)3)23-13-16(20)12-22-17-7-5-14(2)6-8-17/h5-11,16,20H,4,12-13H2,1-3H3. The van der Waals surface area contributed by atoms with E-state index in [2.05, 4.69) is 6.07 Å². The van der Waals surface area contributed by atoms with Crippen molar-refractivity contribution in [2.24, 2.45) is 0 Å². The maximum atomic E-state index is 10.1. The van der Waals surface area contributed by atoms with Crippen LogP contribution in [0.2, 0.25) is 0 Å². The van der Waals surface area contributed by atoms with Crippen LogP contribution >= 0.6 is 11.8 Å². The number of aryl methyl sites for hydroxylation is 2. The zero-order valence-electron chi connectivity index (χ0n) is 13.9. The van der Waals surface area contributed by atoms with Gasteiger partial charge in [0.15, 0.2) is 0 Å². The quantitative estimate of drug-likeness (QED) is 0.734. The van der Waals surface area contributed by atoms with Gasteiger partial charge >= 0.3 is 0 Å². The van der Waals surface area contributed by atoms with Gasteiger partial charge in [0, 0.05) is 10.6 Å². The monoisotopic (exact) mass is 332 g/mol. The molecule has 2 aromatic carbocycles. The number of benzene rings is 2. The van der Waals surface area contributed by atoms with Crippen LogP contribution in [-0.4, -0.2) is 30.2 Å². The Bertz CT molecular complexity index is 611. The normalized spacial score (nSPS) is 12.0. The SMILES string of the molecule is CCOc1ccc(SCC(O)COc2ccc(C)cc2)cc1C. The molecule has 0 aliphatic carbocycles. The second-order valence-electron chi connectivity index (χ2n) is 5.45. The molecule has 124 valence electrons. The molecule has 2 aromatic rings. The number of hydrogen-bond donors (Lipinski definition) is 1. The maximum Gasteiger partial charge on any atom is 0.122 e. The first-order valence-electron chi connectivity index (χ1n) is 7.82. The van der Waals surface area contributed by atoms with Crippen molar-refractivity contribution >= 4 is 11.8 Å². The molecule has 0 fully saturated rings. The molecule has 1 N–H and O–H groups in total. The van der Waals surface area contributed by atoms with Gasteiger partial charge in [-0.05, 0) is 56.7 Å². The lowest BCUT2D eigenvalue weighted by molar-refractivity contribution is 0.126. The fraction of sp³-hybridized carbons (Fsp3) is 0.368. The summed E-state index contributed by atoms with van der Waals surface area (Å²) in [4.78, 5) is 1.13. The Balaban J connectivity index is 1.78. The van der Waals surface area contributed by atoms with Crippen molar-refractivity contribution in [3.8, 4) is 11.5 Å². The highest BCUT2D eigenvalue weighted by Crippen LogP contribution is 2.26. The highest BCUT2D eigenvalue weighted by Gasteiger charge is 2.08. The minimum absolute atomic E-state index is 0.298. The van der Waals surface area contributed by atoms with Gasteiger partial charge in [0.2, 0.25) is 0 Å². The van der Waals surface area contributed by atoms with Crippen LogP contribution in [0, 0.1) is 13.8 Å². The average Bonchev–Trinajstić information content (AvgIpc) is 2.55. The van der Waals surface area contributed by atoms with Crippen molar-refractivity contribution in [1.82, 2.24) is 0 Å². The number of rotatable bonds is 8. The molecule has 1 atom stereocenters. The van der Waals surface area contributed by atoms with E-state index in [0.29, 0.717) is 19.0 Å². The average molecular weight is 332 g/mol. The van der Waals surface area contributed by atoms with Crippen LogP contribution in [-0.2, 0) is 0 Å². The molecule has 0 radical (unpaired) electrons. The molecule has 0 saturated heterocycles. The van der Waals surface area contributed by atoms with Gasteiger partial charge in [0.1, 0.15) is 18.1 Å². The van der Waals surface area contributed by atoms with E-state index >= 15 is 0 Å². The molecule has 0 heterocycles. The van der Waals surface area contributed by atoms with Crippen molar-refractivity contribution in [3.63, 3.8) is 0 Å². The minimum atomic E-state index is -0.506. The number of thioether (sulfide) groups is 1. The first-order valence-corrected chi connectivity index (χ1v) is 8.81. The summed E-state index contributed by atoms with van der Waals surface area (Å²) in [6.07, 6.45) is -0.506. The van der Waals surface area contributed by atoms with Crippen LogP contribution in [0.25, 0.3) is 0 Å². The minimum Gasteiger partial charge on any atom is -0.494 e. The van der Waals surface area contributed by atoms with Crippen molar-refractivity contribution in [2.45, 2.75) is 31.8 Å². The topological polar surface area (TPSA) is 38.7 Å². The third kappa shape index (κ3) is 5.81. The number of aliphatic hydroxyl groups excluding tert-OH is 1. The van der Waals surface area contributed by atoms with Gasteiger partial charge in [0.05, 0.1) is 12.7 Å². The molecule has 1 unspecified atom stereocenters. The lowest BCUT2D eigenvalue weighted by atomic mass is 10.2. The Kier molecular flexibility index (Phi) is 6.81. The van der Waals surface area contributed by atoms with Gasteiger partial charge in [-0.2, -0.15) is 0 Å². The molecule has 23 heavy (non-hydrogen) atoms. The molecule has 0 bridgehead atoms. The Morgan fingerprint density at radius 1 is 1.04 bits per heavy atom. The Hall–Kier alpha value is -1.65. The molecule has 0 amide bonds. The molecule has 0 saturated carbocycles. The Morgan fingerprint density at radius 3 is 2.43 bits per heavy atom. The zero-order chi connectivity index (χ0) is 16.7. The Morgan fingerprint density at radius 2 is 1.78 bits per heavy atom. The van der Waals surface area contributed by atoms with Crippen molar-refractivity contribution in [1.29, 1.82) is 0 Å². The molecular formula is C19H24O3S. The Labute approximate surface area is 142 Å². The third-order valence-corrected chi connectivity index (χ3v) is 4.49. The van der Waals surface area contributed by atoms with E-state index in [1.54, 1.807) is 11.8 Å². The lowest BCUT2D eigenvalue weighted by Gasteiger charge is -2.13. The second-order valence-corrected chi connectivity index (χ2v) is 6.54. The first kappa shape index (κ1) is 17.7. The molecular weight excluding hydrogens is 308 g/mol. The highest BCUT2D eigenvalue weighted by atomic mass is 32.2. The van der Waals surface area contributed by atoms with Crippen LogP contribution in [0.5, 0.6) is 11.5 Å². The number of ether oxygens (including phenoxy) is 2. The summed E-state index contributed by atoms with van der Waals surface area (Å²) >= 11 is 1.62. The molecule has 0 spiro atoms. The summed E-state index contributed by atoms with van der Waals surface area (Å²) in [7, 11) is 0. The van der Waals surface area contributed by atoms with Crippen LogP contribution in [0.1, 0.15) is 18.1 Å². The van der Waals surface area contributed by atoms with Crippen LogP contribution < -0.4 is 9.47 Å². The van der Waals surface area contributed by atoms with Crippen molar-refractivity contribution in [2.75, 3.05) is 19.0 Å². The van der Waals surface area contributed by atoms with Crippen LogP contribution in [0.3, 0.4) is 0 Å². The van der Waals surface area contributed by atoms with Gasteiger partial charge < -0.3 is 14.6 Å². The molecule has 3 nitrogen and oxygen atoms in total. The van der Waals surface area contributed by atoms with Crippen LogP contribution in [0.4, 0.5) is 0 Å². The summed E-state index contributed by atoms with van der Waals surface area (Å²) in [5.74, 6) is 2.30. The summed E-state index contributed by atoms with van der Waals surface area (Å²) in [6.45, 7) is 7.01. The first-order chi connectivity index (χ1) is 11.1. The van der Waals surface area contributed by atoms with E-state index in [-0.39, 0.29) is 0 Å². The maximum absolute atomic E-state index is 10.1. The predicted octanol–water partition coefficient (Wildman–Crippen LogP) is 4.23. The fourth-order valence-corrected chi connectivity index (χ4v) is 3.00. The van der Waals surface area contributed by atoms with Gasteiger partial charge in [-0.25, -0.2) is 0 Å². The van der Waals surface area contributed by atoms with Crippen LogP contribution in [0.15, 0.2) is 47.4 Å². The van der Waals surface area contributed by atoms with Crippen molar-refractivity contribution < 1.29 is 14.6 Å². The second kappa shape index (κ2) is 8.85. The van der Waals surface area contributed by atoms with E-state index in [4.69, 9.17) is 9.47 Å². The van der Waals surface area contributed by atoms with E-state index < -0.39 is 6.10 Å². The largest absolute Gasteiger partial charge is 0.494 e.